The molecule has 0 atom stereocenters. The number of carbonyl (C=O) groups excluding carboxylic acids is 2. The van der Waals surface area contributed by atoms with Gasteiger partial charge in [0.25, 0.3) is 0 Å². The average Bonchev–Trinajstić information content (AvgIpc) is 2.96. The van der Waals surface area contributed by atoms with Crippen molar-refractivity contribution < 1.29 is 23.8 Å². The lowest BCUT2D eigenvalue weighted by atomic mass is 10.0. The molecule has 5 nitrogen and oxygen atoms in total. The molecule has 0 amide bonds. The first-order chi connectivity index (χ1) is 10.6. The van der Waals surface area contributed by atoms with Crippen molar-refractivity contribution in [3.05, 3.63) is 65.9 Å². The lowest BCUT2D eigenvalue weighted by Gasteiger charge is -2.06. The molecule has 0 fully saturated rings. The smallest absolute Gasteiger partial charge is 0.196 e. The minimum atomic E-state index is -1.31. The number of benzene rings is 2. The van der Waals surface area contributed by atoms with E-state index in [2.05, 4.69) is 0 Å². The van der Waals surface area contributed by atoms with E-state index in [1.165, 1.54) is 6.26 Å². The molecule has 0 radical (unpaired) electrons. The van der Waals surface area contributed by atoms with Crippen molar-refractivity contribution in [2.45, 2.75) is 0 Å². The lowest BCUT2D eigenvalue weighted by Crippen LogP contribution is -2.28. The van der Waals surface area contributed by atoms with Crippen molar-refractivity contribution in [2.75, 3.05) is 6.61 Å². The van der Waals surface area contributed by atoms with E-state index in [0.29, 0.717) is 27.8 Å². The average molecular weight is 295 g/mol. The molecule has 0 aliphatic carbocycles. The van der Waals surface area contributed by atoms with E-state index in [1.54, 1.807) is 42.5 Å². The van der Waals surface area contributed by atoms with E-state index in [-0.39, 0.29) is 5.78 Å². The largest absolute Gasteiger partial charge is 0.546 e. The molecule has 2 aromatic carbocycles. The Bertz CT molecular complexity index is 833. The molecule has 0 aliphatic rings. The molecule has 3 rings (SSSR count). The Morgan fingerprint density at radius 3 is 2.59 bits per heavy atom. The third kappa shape index (κ3) is 2.69. The Balaban J connectivity index is 1.98. The highest BCUT2D eigenvalue weighted by Crippen LogP contribution is 2.27. The van der Waals surface area contributed by atoms with Crippen molar-refractivity contribution in [3.63, 3.8) is 0 Å². The SMILES string of the molecule is O=C([O-])COc1ccc2occ(C(=O)c3ccccc3)c2c1. The Hall–Kier alpha value is -3.08. The number of carboxylic acids is 1. The second-order valence-electron chi connectivity index (χ2n) is 4.66. The molecule has 0 unspecified atom stereocenters. The Labute approximate surface area is 125 Å². The van der Waals surface area contributed by atoms with E-state index >= 15 is 0 Å². The molecule has 0 saturated heterocycles. The zero-order valence-electron chi connectivity index (χ0n) is 11.4. The summed E-state index contributed by atoms with van der Waals surface area (Å²) < 4.78 is 10.4. The number of ketones is 1. The topological polar surface area (TPSA) is 79.6 Å². The van der Waals surface area contributed by atoms with Gasteiger partial charge in [-0.1, -0.05) is 30.3 Å². The Kier molecular flexibility index (Phi) is 3.62. The van der Waals surface area contributed by atoms with Crippen LogP contribution in [0.5, 0.6) is 5.75 Å². The van der Waals surface area contributed by atoms with Crippen LogP contribution in [0.1, 0.15) is 15.9 Å². The van der Waals surface area contributed by atoms with Crippen molar-refractivity contribution >= 4 is 22.7 Å². The molecule has 110 valence electrons. The van der Waals surface area contributed by atoms with E-state index in [9.17, 15) is 14.7 Å². The summed E-state index contributed by atoms with van der Waals surface area (Å²) in [6, 6.07) is 13.6. The van der Waals surface area contributed by atoms with Gasteiger partial charge < -0.3 is 19.1 Å². The normalized spacial score (nSPS) is 10.5. The van der Waals surface area contributed by atoms with Gasteiger partial charge in [0.2, 0.25) is 0 Å². The van der Waals surface area contributed by atoms with Crippen LogP contribution in [-0.4, -0.2) is 18.4 Å². The zero-order valence-corrected chi connectivity index (χ0v) is 11.4. The van der Waals surface area contributed by atoms with Crippen LogP contribution in [0.25, 0.3) is 11.0 Å². The van der Waals surface area contributed by atoms with Gasteiger partial charge in [-0.25, -0.2) is 0 Å². The highest BCUT2D eigenvalue weighted by Gasteiger charge is 2.16. The second-order valence-corrected chi connectivity index (χ2v) is 4.66. The van der Waals surface area contributed by atoms with Gasteiger partial charge in [-0.3, -0.25) is 4.79 Å². The minimum Gasteiger partial charge on any atom is -0.546 e. The molecular formula is C17H11O5-. The van der Waals surface area contributed by atoms with Crippen molar-refractivity contribution in [1.29, 1.82) is 0 Å². The van der Waals surface area contributed by atoms with E-state index < -0.39 is 12.6 Å². The molecule has 1 aromatic heterocycles. The van der Waals surface area contributed by atoms with Crippen LogP contribution in [0.2, 0.25) is 0 Å². The summed E-state index contributed by atoms with van der Waals surface area (Å²) in [7, 11) is 0. The summed E-state index contributed by atoms with van der Waals surface area (Å²) in [6.45, 7) is -0.550. The molecule has 22 heavy (non-hydrogen) atoms. The molecule has 0 aliphatic heterocycles. The van der Waals surface area contributed by atoms with Crippen molar-refractivity contribution in [2.24, 2.45) is 0 Å². The maximum atomic E-state index is 12.5. The van der Waals surface area contributed by atoms with Gasteiger partial charge in [0.1, 0.15) is 24.2 Å². The van der Waals surface area contributed by atoms with E-state index in [0.717, 1.165) is 0 Å². The van der Waals surface area contributed by atoms with Gasteiger partial charge in [-0.15, -0.1) is 0 Å². The van der Waals surface area contributed by atoms with Crippen molar-refractivity contribution in [3.8, 4) is 5.75 Å². The second kappa shape index (κ2) is 5.73. The number of carbonyl (C=O) groups is 2. The highest BCUT2D eigenvalue weighted by atomic mass is 16.5. The predicted octanol–water partition coefficient (Wildman–Crippen LogP) is 1.79. The quantitative estimate of drug-likeness (QED) is 0.670. The van der Waals surface area contributed by atoms with Crippen LogP contribution >= 0.6 is 0 Å². The maximum absolute atomic E-state index is 12.5. The van der Waals surface area contributed by atoms with Gasteiger partial charge in [-0.05, 0) is 18.2 Å². The summed E-state index contributed by atoms with van der Waals surface area (Å²) in [4.78, 5) is 22.9. The summed E-state index contributed by atoms with van der Waals surface area (Å²) in [5.41, 5.74) is 1.48. The number of fused-ring (bicyclic) bond motifs is 1. The summed E-state index contributed by atoms with van der Waals surface area (Å²) in [5, 5.41) is 11.0. The lowest BCUT2D eigenvalue weighted by molar-refractivity contribution is -0.307. The molecule has 0 N–H and O–H groups in total. The van der Waals surface area contributed by atoms with Gasteiger partial charge in [0, 0.05) is 10.9 Å². The molecular weight excluding hydrogens is 284 g/mol. The van der Waals surface area contributed by atoms with E-state index in [4.69, 9.17) is 9.15 Å². The number of hydrogen-bond donors (Lipinski definition) is 0. The number of aliphatic carboxylic acids is 1. The van der Waals surface area contributed by atoms with Crippen LogP contribution in [0, 0.1) is 0 Å². The number of furan rings is 1. The van der Waals surface area contributed by atoms with Crippen molar-refractivity contribution in [1.82, 2.24) is 0 Å². The van der Waals surface area contributed by atoms with Crippen LogP contribution in [-0.2, 0) is 4.79 Å². The van der Waals surface area contributed by atoms with Crippen LogP contribution in [0.15, 0.2) is 59.2 Å². The number of carboxylic acid groups (broad SMARTS) is 1. The standard InChI is InChI=1S/C17H12O5/c18-16(19)10-21-12-6-7-15-13(8-12)14(9-22-15)17(20)11-4-2-1-3-5-11/h1-9H,10H2,(H,18,19)/p-1. The minimum absolute atomic E-state index is 0.170. The molecule has 0 bridgehead atoms. The first-order valence-electron chi connectivity index (χ1n) is 6.59. The molecule has 5 heteroatoms. The number of rotatable bonds is 5. The van der Waals surface area contributed by atoms with Crippen LogP contribution in [0.4, 0.5) is 0 Å². The third-order valence-electron chi connectivity index (χ3n) is 3.18. The monoisotopic (exact) mass is 295 g/mol. The first kappa shape index (κ1) is 13.9. The predicted molar refractivity (Wildman–Crippen MR) is 76.6 cm³/mol. The fraction of sp³-hybridized carbons (Fsp3) is 0.0588. The fourth-order valence-corrected chi connectivity index (χ4v) is 2.16. The zero-order chi connectivity index (χ0) is 15.5. The number of hydrogen-bond acceptors (Lipinski definition) is 5. The molecule has 3 aromatic rings. The molecule has 0 saturated carbocycles. The Morgan fingerprint density at radius 1 is 1.09 bits per heavy atom. The van der Waals surface area contributed by atoms with E-state index in [1.807, 2.05) is 6.07 Å². The van der Waals surface area contributed by atoms with Crippen LogP contribution in [0.3, 0.4) is 0 Å². The third-order valence-corrected chi connectivity index (χ3v) is 3.18. The number of ether oxygens (including phenoxy) is 1. The highest BCUT2D eigenvalue weighted by molar-refractivity contribution is 6.16. The van der Waals surface area contributed by atoms with Gasteiger partial charge >= 0.3 is 0 Å². The molecule has 0 spiro atoms. The van der Waals surface area contributed by atoms with Gasteiger partial charge in [0.05, 0.1) is 11.5 Å². The summed E-state index contributed by atoms with van der Waals surface area (Å²) in [6.07, 6.45) is 1.39. The Morgan fingerprint density at radius 2 is 1.86 bits per heavy atom. The summed E-state index contributed by atoms with van der Waals surface area (Å²) in [5.74, 6) is -1.15. The van der Waals surface area contributed by atoms with Crippen LogP contribution < -0.4 is 9.84 Å². The summed E-state index contributed by atoms with van der Waals surface area (Å²) >= 11 is 0. The first-order valence-corrected chi connectivity index (χ1v) is 6.59. The maximum Gasteiger partial charge on any atom is 0.196 e. The fourth-order valence-electron chi connectivity index (χ4n) is 2.16. The van der Waals surface area contributed by atoms with Gasteiger partial charge in [-0.2, -0.15) is 0 Å². The van der Waals surface area contributed by atoms with Gasteiger partial charge in [0.15, 0.2) is 5.78 Å². The molecule has 1 heterocycles.